The molecule has 2 N–H and O–H groups in total. The average Bonchev–Trinajstić information content (AvgIpc) is 3.32. The number of carbonyl (C=O) groups is 1. The second-order valence-corrected chi connectivity index (χ2v) is 10.2. The number of hydrazine groups is 1. The van der Waals surface area contributed by atoms with Crippen LogP contribution in [0.15, 0.2) is 82.0 Å². The summed E-state index contributed by atoms with van der Waals surface area (Å²) in [6.07, 6.45) is 0. The maximum atomic E-state index is 13.4. The van der Waals surface area contributed by atoms with Crippen LogP contribution in [0, 0.1) is 0 Å². The first-order valence-electron chi connectivity index (χ1n) is 9.60. The van der Waals surface area contributed by atoms with Crippen LogP contribution in [0.5, 0.6) is 5.75 Å². The molecule has 7 nitrogen and oxygen atoms in total. The Bertz CT molecular complexity index is 1160. The maximum absolute atomic E-state index is 13.4. The van der Waals surface area contributed by atoms with Crippen LogP contribution in [0.4, 0.5) is 5.69 Å². The Morgan fingerprint density at radius 1 is 1.09 bits per heavy atom. The fourth-order valence-electron chi connectivity index (χ4n) is 2.75. The van der Waals surface area contributed by atoms with Crippen molar-refractivity contribution in [1.29, 1.82) is 0 Å². The predicted molar refractivity (Wildman–Crippen MR) is 131 cm³/mol. The van der Waals surface area contributed by atoms with Gasteiger partial charge in [-0.05, 0) is 66.9 Å². The van der Waals surface area contributed by atoms with E-state index in [1.165, 1.54) is 23.5 Å². The van der Waals surface area contributed by atoms with E-state index in [-0.39, 0.29) is 4.90 Å². The largest absolute Gasteiger partial charge is 0.494 e. The van der Waals surface area contributed by atoms with Gasteiger partial charge in [0.05, 0.1) is 27.8 Å². The number of amides is 1. The van der Waals surface area contributed by atoms with Gasteiger partial charge in [0.15, 0.2) is 0 Å². The highest BCUT2D eigenvalue weighted by molar-refractivity contribution is 9.10. The Balaban J connectivity index is 1.83. The van der Waals surface area contributed by atoms with E-state index in [4.69, 9.17) is 4.74 Å². The van der Waals surface area contributed by atoms with E-state index in [2.05, 4.69) is 33.4 Å². The van der Waals surface area contributed by atoms with Gasteiger partial charge < -0.3 is 4.74 Å². The summed E-state index contributed by atoms with van der Waals surface area (Å²) in [6.45, 7) is 5.79. The van der Waals surface area contributed by atoms with Gasteiger partial charge in [-0.25, -0.2) is 8.42 Å². The van der Waals surface area contributed by atoms with Crippen molar-refractivity contribution in [2.24, 2.45) is 0 Å². The Morgan fingerprint density at radius 3 is 2.38 bits per heavy atom. The Hall–Kier alpha value is -2.82. The lowest BCUT2D eigenvalue weighted by atomic mass is 10.3. The molecule has 3 aromatic rings. The number of halogens is 1. The van der Waals surface area contributed by atoms with Crippen LogP contribution in [0.25, 0.3) is 5.70 Å². The topological polar surface area (TPSA) is 87.7 Å². The van der Waals surface area contributed by atoms with Gasteiger partial charge in [0, 0.05) is 4.47 Å². The van der Waals surface area contributed by atoms with E-state index in [0.717, 1.165) is 13.7 Å². The van der Waals surface area contributed by atoms with Crippen molar-refractivity contribution in [2.75, 3.05) is 17.5 Å². The summed E-state index contributed by atoms with van der Waals surface area (Å²) >= 11 is 4.77. The number of nitrogens with zero attached hydrogens (tertiary/aromatic N) is 1. The van der Waals surface area contributed by atoms with Gasteiger partial charge in [0.1, 0.15) is 12.3 Å². The van der Waals surface area contributed by atoms with Crippen molar-refractivity contribution >= 4 is 54.6 Å². The van der Waals surface area contributed by atoms with Crippen molar-refractivity contribution < 1.29 is 17.9 Å². The molecule has 0 aliphatic rings. The molecule has 1 heterocycles. The molecule has 0 aliphatic heterocycles. The van der Waals surface area contributed by atoms with Crippen LogP contribution in [0.3, 0.4) is 0 Å². The van der Waals surface area contributed by atoms with E-state index >= 15 is 0 Å². The minimum absolute atomic E-state index is 0.0679. The molecule has 168 valence electrons. The number of carbonyl (C=O) groups excluding carboxylic acids is 1. The molecule has 0 bridgehead atoms. The summed E-state index contributed by atoms with van der Waals surface area (Å²) in [5.74, 6) is 0.0629. The molecular formula is C22H22BrN3O4S2. The monoisotopic (exact) mass is 535 g/mol. The average molecular weight is 536 g/mol. The Morgan fingerprint density at radius 2 is 1.78 bits per heavy atom. The summed E-state index contributed by atoms with van der Waals surface area (Å²) < 4.78 is 34.0. The predicted octanol–water partition coefficient (Wildman–Crippen LogP) is 4.40. The Labute approximate surface area is 199 Å². The number of hydrogen-bond donors (Lipinski definition) is 2. The van der Waals surface area contributed by atoms with Gasteiger partial charge in [-0.1, -0.05) is 28.6 Å². The van der Waals surface area contributed by atoms with Crippen LogP contribution in [-0.4, -0.2) is 27.5 Å². The van der Waals surface area contributed by atoms with Gasteiger partial charge in [0.25, 0.3) is 15.9 Å². The van der Waals surface area contributed by atoms with Crippen LogP contribution in [0.1, 0.15) is 11.8 Å². The first-order chi connectivity index (χ1) is 15.3. The molecule has 0 unspecified atom stereocenters. The third kappa shape index (κ3) is 5.90. The smallest absolute Gasteiger partial charge is 0.264 e. The van der Waals surface area contributed by atoms with Gasteiger partial charge >= 0.3 is 0 Å². The fourth-order valence-corrected chi connectivity index (χ4v) is 5.09. The molecule has 2 aromatic carbocycles. The summed E-state index contributed by atoms with van der Waals surface area (Å²) in [5.41, 5.74) is 6.10. The molecular weight excluding hydrogens is 514 g/mol. The third-order valence-corrected chi connectivity index (χ3v) is 7.54. The molecule has 0 aliphatic carbocycles. The highest BCUT2D eigenvalue weighted by atomic mass is 79.9. The van der Waals surface area contributed by atoms with Crippen LogP contribution in [0.2, 0.25) is 0 Å². The highest BCUT2D eigenvalue weighted by Crippen LogP contribution is 2.26. The zero-order valence-corrected chi connectivity index (χ0v) is 20.5. The summed E-state index contributed by atoms with van der Waals surface area (Å²) in [7, 11) is -4.01. The first-order valence-corrected chi connectivity index (χ1v) is 12.7. The lowest BCUT2D eigenvalue weighted by Crippen LogP contribution is -2.45. The molecule has 1 aromatic heterocycles. The number of thiophene rings is 1. The normalized spacial score (nSPS) is 10.9. The van der Waals surface area contributed by atoms with E-state index < -0.39 is 22.5 Å². The molecule has 0 fully saturated rings. The van der Waals surface area contributed by atoms with Crippen molar-refractivity contribution in [3.8, 4) is 5.75 Å². The van der Waals surface area contributed by atoms with Crippen molar-refractivity contribution in [2.45, 2.75) is 11.8 Å². The minimum atomic E-state index is -4.01. The second-order valence-electron chi connectivity index (χ2n) is 6.52. The van der Waals surface area contributed by atoms with E-state index in [0.29, 0.717) is 23.7 Å². The number of ether oxygens (including phenoxy) is 1. The molecule has 0 spiro atoms. The van der Waals surface area contributed by atoms with Crippen molar-refractivity contribution in [3.63, 3.8) is 0 Å². The van der Waals surface area contributed by atoms with Crippen LogP contribution in [-0.2, 0) is 14.8 Å². The lowest BCUT2D eigenvalue weighted by molar-refractivity contribution is -0.120. The summed E-state index contributed by atoms with van der Waals surface area (Å²) in [6, 6.07) is 16.5. The summed E-state index contributed by atoms with van der Waals surface area (Å²) in [4.78, 5) is 13.6. The number of benzene rings is 2. The zero-order valence-electron chi connectivity index (χ0n) is 17.2. The van der Waals surface area contributed by atoms with Crippen LogP contribution < -0.4 is 19.9 Å². The fraction of sp³-hybridized carbons (Fsp3) is 0.136. The summed E-state index contributed by atoms with van der Waals surface area (Å²) in [5, 5.41) is 1.89. The first kappa shape index (κ1) is 23.8. The molecule has 0 atom stereocenters. The maximum Gasteiger partial charge on any atom is 0.264 e. The number of sulfonamides is 1. The van der Waals surface area contributed by atoms with Gasteiger partial charge in [-0.3, -0.25) is 20.0 Å². The van der Waals surface area contributed by atoms with Crippen LogP contribution >= 0.6 is 27.3 Å². The molecule has 10 heteroatoms. The van der Waals surface area contributed by atoms with E-state index in [1.54, 1.807) is 36.4 Å². The molecule has 32 heavy (non-hydrogen) atoms. The van der Waals surface area contributed by atoms with Crippen molar-refractivity contribution in [3.05, 3.63) is 82.0 Å². The number of nitrogens with one attached hydrogen (secondary N) is 2. The van der Waals surface area contributed by atoms with Gasteiger partial charge in [-0.2, -0.15) is 0 Å². The Kier molecular flexibility index (Phi) is 7.94. The quantitative estimate of drug-likeness (QED) is 0.376. The van der Waals surface area contributed by atoms with Gasteiger partial charge in [0.2, 0.25) is 0 Å². The van der Waals surface area contributed by atoms with Crippen molar-refractivity contribution in [1.82, 2.24) is 10.9 Å². The van der Waals surface area contributed by atoms with E-state index in [9.17, 15) is 13.2 Å². The highest BCUT2D eigenvalue weighted by Gasteiger charge is 2.27. The van der Waals surface area contributed by atoms with Gasteiger partial charge in [-0.15, -0.1) is 11.3 Å². The minimum Gasteiger partial charge on any atom is -0.494 e. The molecule has 0 saturated carbocycles. The zero-order chi connectivity index (χ0) is 23.1. The number of anilines is 1. The number of rotatable bonds is 10. The molecule has 0 saturated heterocycles. The van der Waals surface area contributed by atoms with E-state index in [1.807, 2.05) is 24.4 Å². The lowest BCUT2D eigenvalue weighted by Gasteiger charge is -2.24. The molecule has 0 radical (unpaired) electrons. The SMILES string of the molecule is C=C(NNC(=O)CN(c1ccc(OCC)cc1)S(=O)(=O)c1ccc(Br)cc1)c1cccs1. The second kappa shape index (κ2) is 10.7. The standard InChI is InChI=1S/C22H22BrN3O4S2/c1-3-30-19-10-8-18(9-11-19)26(32(28,29)20-12-6-17(23)7-13-20)15-22(27)25-24-16(2)21-5-4-14-31-21/h4-14,24H,2-3,15H2,1H3,(H,25,27). The molecule has 3 rings (SSSR count). The third-order valence-electron chi connectivity index (χ3n) is 4.30. The molecule has 1 amide bonds. The number of hydrogen-bond acceptors (Lipinski definition) is 6.